The number of hydrogen-bond donors (Lipinski definition) is 0. The quantitative estimate of drug-likeness (QED) is 0.337. The van der Waals surface area contributed by atoms with Gasteiger partial charge in [-0.1, -0.05) is 76.6 Å². The maximum Gasteiger partial charge on any atom is 0.340 e. The van der Waals surface area contributed by atoms with Gasteiger partial charge in [-0.15, -0.1) is 0 Å². The van der Waals surface area contributed by atoms with Gasteiger partial charge >= 0.3 is 5.97 Å². The number of carbonyl (C=O) groups excluding carboxylic acids is 2. The molecular formula is C21H14Br2O3. The molecule has 0 amide bonds. The third-order valence-corrected chi connectivity index (χ3v) is 4.96. The predicted octanol–water partition coefficient (Wildman–Crippen LogP) is 5.99. The molecule has 26 heavy (non-hydrogen) atoms. The largest absolute Gasteiger partial charge is 0.445 e. The molecule has 1 atom stereocenters. The first-order valence-corrected chi connectivity index (χ1v) is 9.45. The highest BCUT2D eigenvalue weighted by Gasteiger charge is 2.27. The van der Waals surface area contributed by atoms with Crippen molar-refractivity contribution in [2.75, 3.05) is 0 Å². The molecule has 0 spiro atoms. The summed E-state index contributed by atoms with van der Waals surface area (Å²) in [6.07, 6.45) is -1.02. The smallest absolute Gasteiger partial charge is 0.340 e. The van der Waals surface area contributed by atoms with Crippen molar-refractivity contribution < 1.29 is 14.3 Å². The van der Waals surface area contributed by atoms with E-state index in [0.717, 1.165) is 4.47 Å². The maximum absolute atomic E-state index is 13.0. The maximum atomic E-state index is 13.0. The van der Waals surface area contributed by atoms with E-state index in [1.165, 1.54) is 0 Å². The molecule has 0 fully saturated rings. The zero-order chi connectivity index (χ0) is 18.5. The minimum atomic E-state index is -1.02. The Bertz CT molecular complexity index is 925. The van der Waals surface area contributed by atoms with E-state index in [-0.39, 0.29) is 5.78 Å². The number of halogens is 2. The summed E-state index contributed by atoms with van der Waals surface area (Å²) < 4.78 is 6.99. The molecule has 0 aliphatic heterocycles. The number of carbonyl (C=O) groups is 2. The molecule has 0 aromatic heterocycles. The van der Waals surface area contributed by atoms with E-state index in [0.29, 0.717) is 21.2 Å². The van der Waals surface area contributed by atoms with Crippen LogP contribution in [0, 0.1) is 0 Å². The fourth-order valence-electron chi connectivity index (χ4n) is 2.48. The summed E-state index contributed by atoms with van der Waals surface area (Å²) in [6, 6.07) is 23.0. The van der Waals surface area contributed by atoms with Crippen molar-refractivity contribution in [3.05, 3.63) is 104 Å². The Kier molecular flexibility index (Phi) is 6.01. The second-order valence-electron chi connectivity index (χ2n) is 5.55. The van der Waals surface area contributed by atoms with Crippen LogP contribution in [0.25, 0.3) is 0 Å². The van der Waals surface area contributed by atoms with Gasteiger partial charge in [0, 0.05) is 20.1 Å². The Hall–Kier alpha value is -2.24. The molecule has 3 aromatic carbocycles. The van der Waals surface area contributed by atoms with Gasteiger partial charge in [-0.25, -0.2) is 4.79 Å². The van der Waals surface area contributed by atoms with Gasteiger partial charge in [0.15, 0.2) is 6.10 Å². The van der Waals surface area contributed by atoms with Crippen molar-refractivity contribution in [3.63, 3.8) is 0 Å². The van der Waals surface area contributed by atoms with Crippen molar-refractivity contribution >= 4 is 43.6 Å². The monoisotopic (exact) mass is 472 g/mol. The van der Waals surface area contributed by atoms with Gasteiger partial charge in [-0.3, -0.25) is 4.79 Å². The third kappa shape index (κ3) is 4.29. The van der Waals surface area contributed by atoms with Crippen LogP contribution < -0.4 is 0 Å². The number of ether oxygens (including phenoxy) is 1. The molecule has 0 unspecified atom stereocenters. The van der Waals surface area contributed by atoms with Crippen LogP contribution in [-0.2, 0) is 4.74 Å². The van der Waals surface area contributed by atoms with Crippen LogP contribution in [0.1, 0.15) is 32.4 Å². The zero-order valence-electron chi connectivity index (χ0n) is 13.6. The lowest BCUT2D eigenvalue weighted by Crippen LogP contribution is -2.20. The number of hydrogen-bond acceptors (Lipinski definition) is 3. The van der Waals surface area contributed by atoms with Crippen molar-refractivity contribution in [2.24, 2.45) is 0 Å². The highest BCUT2D eigenvalue weighted by atomic mass is 79.9. The fourth-order valence-corrected chi connectivity index (χ4v) is 3.25. The van der Waals surface area contributed by atoms with Gasteiger partial charge in [-0.05, 0) is 34.1 Å². The lowest BCUT2D eigenvalue weighted by molar-refractivity contribution is 0.0279. The topological polar surface area (TPSA) is 43.4 Å². The van der Waals surface area contributed by atoms with Crippen LogP contribution in [-0.4, -0.2) is 11.8 Å². The fraction of sp³-hybridized carbons (Fsp3) is 0.0476. The molecule has 0 saturated heterocycles. The first kappa shape index (κ1) is 18.5. The van der Waals surface area contributed by atoms with Gasteiger partial charge in [0.05, 0.1) is 5.56 Å². The molecule has 0 radical (unpaired) electrons. The average molecular weight is 474 g/mol. The molecule has 0 aliphatic carbocycles. The van der Waals surface area contributed by atoms with Crippen molar-refractivity contribution in [1.29, 1.82) is 0 Å². The number of benzene rings is 3. The summed E-state index contributed by atoms with van der Waals surface area (Å²) in [5, 5.41) is 0. The minimum absolute atomic E-state index is 0.267. The van der Waals surface area contributed by atoms with E-state index < -0.39 is 12.1 Å². The highest BCUT2D eigenvalue weighted by molar-refractivity contribution is 9.11. The van der Waals surface area contributed by atoms with Gasteiger partial charge < -0.3 is 4.74 Å². The first-order valence-electron chi connectivity index (χ1n) is 7.86. The van der Waals surface area contributed by atoms with Crippen LogP contribution in [0.4, 0.5) is 0 Å². The van der Waals surface area contributed by atoms with Crippen molar-refractivity contribution in [3.8, 4) is 0 Å². The van der Waals surface area contributed by atoms with Crippen molar-refractivity contribution in [2.45, 2.75) is 6.10 Å². The van der Waals surface area contributed by atoms with Gasteiger partial charge in [0.1, 0.15) is 0 Å². The van der Waals surface area contributed by atoms with E-state index >= 15 is 0 Å². The SMILES string of the molecule is O=C(O[C@@H](C(=O)c1ccccc1)c1ccccc1)c1cc(Br)ccc1Br. The van der Waals surface area contributed by atoms with E-state index in [4.69, 9.17) is 4.74 Å². The molecule has 0 aliphatic rings. The van der Waals surface area contributed by atoms with Crippen LogP contribution in [0.15, 0.2) is 87.8 Å². The Labute approximate surface area is 168 Å². The summed E-state index contributed by atoms with van der Waals surface area (Å²) in [5.74, 6) is -0.840. The van der Waals surface area contributed by atoms with E-state index in [9.17, 15) is 9.59 Å². The molecule has 3 aromatic rings. The molecule has 0 bridgehead atoms. The molecule has 5 heteroatoms. The predicted molar refractivity (Wildman–Crippen MR) is 107 cm³/mol. The Balaban J connectivity index is 1.95. The summed E-state index contributed by atoms with van der Waals surface area (Å²) in [6.45, 7) is 0. The van der Waals surface area contributed by atoms with Gasteiger partial charge in [-0.2, -0.15) is 0 Å². The molecule has 0 N–H and O–H groups in total. The number of esters is 1. The number of ketones is 1. The van der Waals surface area contributed by atoms with Crippen LogP contribution in [0.3, 0.4) is 0 Å². The molecule has 3 nitrogen and oxygen atoms in total. The summed E-state index contributed by atoms with van der Waals surface area (Å²) in [7, 11) is 0. The summed E-state index contributed by atoms with van der Waals surface area (Å²) in [5.41, 5.74) is 1.46. The van der Waals surface area contributed by atoms with Gasteiger partial charge in [0.25, 0.3) is 0 Å². The van der Waals surface area contributed by atoms with E-state index in [1.54, 1.807) is 48.5 Å². The van der Waals surface area contributed by atoms with E-state index in [2.05, 4.69) is 31.9 Å². The van der Waals surface area contributed by atoms with Crippen molar-refractivity contribution in [1.82, 2.24) is 0 Å². The minimum Gasteiger partial charge on any atom is -0.445 e. The second kappa shape index (κ2) is 8.43. The highest BCUT2D eigenvalue weighted by Crippen LogP contribution is 2.27. The molecule has 0 saturated carbocycles. The Morgan fingerprint density at radius 1 is 0.808 bits per heavy atom. The number of Topliss-reactive ketones (excluding diaryl/α,β-unsaturated/α-hetero) is 1. The normalized spacial score (nSPS) is 11.6. The van der Waals surface area contributed by atoms with Crippen LogP contribution in [0.2, 0.25) is 0 Å². The Morgan fingerprint density at radius 2 is 1.42 bits per heavy atom. The molecular weight excluding hydrogens is 460 g/mol. The number of rotatable bonds is 5. The Morgan fingerprint density at radius 3 is 2.08 bits per heavy atom. The molecule has 130 valence electrons. The molecule has 3 rings (SSSR count). The third-order valence-electron chi connectivity index (χ3n) is 3.77. The van der Waals surface area contributed by atoms with Gasteiger partial charge in [0.2, 0.25) is 5.78 Å². The van der Waals surface area contributed by atoms with Crippen LogP contribution >= 0.6 is 31.9 Å². The molecule has 0 heterocycles. The second-order valence-corrected chi connectivity index (χ2v) is 7.32. The summed E-state index contributed by atoms with van der Waals surface area (Å²) >= 11 is 6.70. The van der Waals surface area contributed by atoms with E-state index in [1.807, 2.05) is 30.3 Å². The zero-order valence-corrected chi connectivity index (χ0v) is 16.7. The lowest BCUT2D eigenvalue weighted by atomic mass is 10.00. The standard InChI is InChI=1S/C21H14Br2O3/c22-16-11-12-18(23)17(13-16)21(25)26-20(15-9-5-2-6-10-15)19(24)14-7-3-1-4-8-14/h1-13,20H/t20-/m1/s1. The van der Waals surface area contributed by atoms with Crippen LogP contribution in [0.5, 0.6) is 0 Å². The average Bonchev–Trinajstić information content (AvgIpc) is 2.68. The first-order chi connectivity index (χ1) is 12.6. The lowest BCUT2D eigenvalue weighted by Gasteiger charge is -2.18. The summed E-state index contributed by atoms with van der Waals surface area (Å²) in [4.78, 5) is 25.7.